The third kappa shape index (κ3) is 2.53. The maximum atomic E-state index is 5.64. The second kappa shape index (κ2) is 4.89. The molecule has 0 saturated heterocycles. The molecule has 0 amide bonds. The number of fused-ring (bicyclic) bond motifs is 1. The number of hydrogen-bond donors (Lipinski definition) is 1. The van der Waals surface area contributed by atoms with Gasteiger partial charge in [0.05, 0.1) is 35.3 Å². The van der Waals surface area contributed by atoms with Crippen molar-refractivity contribution >= 4 is 27.2 Å². The molecule has 0 bridgehead atoms. The van der Waals surface area contributed by atoms with Crippen LogP contribution in [0.3, 0.4) is 0 Å². The first kappa shape index (κ1) is 12.0. The zero-order chi connectivity index (χ0) is 13.2. The van der Waals surface area contributed by atoms with Crippen LogP contribution < -0.4 is 10.5 Å². The summed E-state index contributed by atoms with van der Waals surface area (Å²) in [6.07, 6.45) is 3.44. The number of aromatic nitrogens is 3. The Hall–Kier alpha value is -2.08. The van der Waals surface area contributed by atoms with Crippen LogP contribution in [0, 0.1) is 0 Å². The van der Waals surface area contributed by atoms with Crippen molar-refractivity contribution in [2.45, 2.75) is 13.5 Å². The molecule has 0 fully saturated rings. The van der Waals surface area contributed by atoms with E-state index in [9.17, 15) is 0 Å². The lowest BCUT2D eigenvalue weighted by Crippen LogP contribution is -1.98. The van der Waals surface area contributed by atoms with Gasteiger partial charge in [-0.15, -0.1) is 11.3 Å². The van der Waals surface area contributed by atoms with Crippen LogP contribution in [-0.4, -0.2) is 21.4 Å². The molecular weight excluding hydrogens is 260 g/mol. The number of nitrogens with two attached hydrogens (primary N) is 1. The van der Waals surface area contributed by atoms with Gasteiger partial charge >= 0.3 is 0 Å². The van der Waals surface area contributed by atoms with E-state index in [1.54, 1.807) is 28.4 Å². The van der Waals surface area contributed by atoms with E-state index >= 15 is 0 Å². The Morgan fingerprint density at radius 1 is 1.42 bits per heavy atom. The van der Waals surface area contributed by atoms with E-state index in [1.165, 1.54) is 0 Å². The van der Waals surface area contributed by atoms with Gasteiger partial charge in [0.1, 0.15) is 10.8 Å². The molecule has 98 valence electrons. The number of rotatable bonds is 4. The highest BCUT2D eigenvalue weighted by Gasteiger charge is 2.06. The van der Waals surface area contributed by atoms with Crippen molar-refractivity contribution in [3.05, 3.63) is 35.6 Å². The Morgan fingerprint density at radius 2 is 2.32 bits per heavy atom. The average molecular weight is 274 g/mol. The summed E-state index contributed by atoms with van der Waals surface area (Å²) in [5.74, 6) is 0.883. The highest BCUT2D eigenvalue weighted by atomic mass is 32.1. The quantitative estimate of drug-likeness (QED) is 0.794. The lowest BCUT2D eigenvalue weighted by atomic mass is 10.3. The largest absolute Gasteiger partial charge is 0.494 e. The number of anilines is 1. The maximum absolute atomic E-state index is 5.64. The van der Waals surface area contributed by atoms with Gasteiger partial charge in [0.15, 0.2) is 0 Å². The minimum Gasteiger partial charge on any atom is -0.494 e. The number of thiazole rings is 1. The van der Waals surface area contributed by atoms with Crippen molar-refractivity contribution < 1.29 is 4.74 Å². The molecule has 5 nitrogen and oxygen atoms in total. The van der Waals surface area contributed by atoms with Gasteiger partial charge in [-0.25, -0.2) is 4.98 Å². The van der Waals surface area contributed by atoms with Crippen molar-refractivity contribution in [3.8, 4) is 5.75 Å². The fourth-order valence-electron chi connectivity index (χ4n) is 1.88. The Bertz CT molecular complexity index is 704. The van der Waals surface area contributed by atoms with Crippen molar-refractivity contribution in [2.75, 3.05) is 12.3 Å². The highest BCUT2D eigenvalue weighted by molar-refractivity contribution is 7.18. The van der Waals surface area contributed by atoms with Gasteiger partial charge in [0.2, 0.25) is 0 Å². The topological polar surface area (TPSA) is 66.0 Å². The second-order valence-corrected chi connectivity index (χ2v) is 5.26. The summed E-state index contributed by atoms with van der Waals surface area (Å²) in [4.78, 5) is 4.58. The van der Waals surface area contributed by atoms with E-state index in [1.807, 2.05) is 25.1 Å². The van der Waals surface area contributed by atoms with Crippen LogP contribution in [0.25, 0.3) is 10.2 Å². The van der Waals surface area contributed by atoms with Crippen molar-refractivity contribution in [1.29, 1.82) is 0 Å². The molecule has 1 aromatic carbocycles. The van der Waals surface area contributed by atoms with Crippen LogP contribution in [0.15, 0.2) is 30.6 Å². The van der Waals surface area contributed by atoms with E-state index in [2.05, 4.69) is 10.1 Å². The molecule has 0 atom stereocenters. The van der Waals surface area contributed by atoms with E-state index < -0.39 is 0 Å². The van der Waals surface area contributed by atoms with Crippen molar-refractivity contribution in [3.63, 3.8) is 0 Å². The van der Waals surface area contributed by atoms with E-state index in [-0.39, 0.29) is 0 Å². The average Bonchev–Trinajstić information content (AvgIpc) is 2.95. The first-order chi connectivity index (χ1) is 9.24. The van der Waals surface area contributed by atoms with Crippen LogP contribution in [-0.2, 0) is 6.54 Å². The molecule has 2 heterocycles. The fourth-order valence-corrected chi connectivity index (χ4v) is 2.87. The lowest BCUT2D eigenvalue weighted by molar-refractivity contribution is 0.341. The van der Waals surface area contributed by atoms with E-state index in [4.69, 9.17) is 10.5 Å². The third-order valence-corrected chi connectivity index (χ3v) is 3.67. The summed E-state index contributed by atoms with van der Waals surface area (Å²) < 4.78 is 8.40. The molecule has 0 aliphatic carbocycles. The Kier molecular flexibility index (Phi) is 3.08. The summed E-state index contributed by atoms with van der Waals surface area (Å²) in [5, 5.41) is 5.17. The van der Waals surface area contributed by atoms with Crippen LogP contribution >= 0.6 is 11.3 Å². The van der Waals surface area contributed by atoms with Gasteiger partial charge in [-0.05, 0) is 25.1 Å². The van der Waals surface area contributed by atoms with E-state index in [0.717, 1.165) is 21.0 Å². The number of nitrogens with zero attached hydrogens (tertiary/aromatic N) is 3. The van der Waals surface area contributed by atoms with Gasteiger partial charge in [0.25, 0.3) is 0 Å². The molecule has 0 aliphatic rings. The van der Waals surface area contributed by atoms with Crippen LogP contribution in [0.2, 0.25) is 0 Å². The zero-order valence-electron chi connectivity index (χ0n) is 10.5. The molecule has 0 unspecified atom stereocenters. The molecule has 0 radical (unpaired) electrons. The summed E-state index contributed by atoms with van der Waals surface area (Å²) >= 11 is 1.65. The monoisotopic (exact) mass is 274 g/mol. The SMILES string of the molecule is CCOc1ccc2nc(Cn3cc(N)cn3)sc2c1. The smallest absolute Gasteiger partial charge is 0.120 e. The molecule has 2 N–H and O–H groups in total. The van der Waals surface area contributed by atoms with Crippen LogP contribution in [0.4, 0.5) is 5.69 Å². The molecule has 0 saturated carbocycles. The molecule has 6 heteroatoms. The molecular formula is C13H14N4OS. The van der Waals surface area contributed by atoms with Gasteiger partial charge in [0, 0.05) is 6.20 Å². The molecule has 19 heavy (non-hydrogen) atoms. The Labute approximate surface area is 114 Å². The standard InChI is InChI=1S/C13H14N4OS/c1-2-18-10-3-4-11-12(5-10)19-13(16-11)8-17-7-9(14)6-15-17/h3-7H,2,8,14H2,1H3. The van der Waals surface area contributed by atoms with Crippen LogP contribution in [0.1, 0.15) is 11.9 Å². The Balaban J connectivity index is 1.88. The van der Waals surface area contributed by atoms with Crippen molar-refractivity contribution in [1.82, 2.24) is 14.8 Å². The highest BCUT2D eigenvalue weighted by Crippen LogP contribution is 2.26. The first-order valence-corrected chi connectivity index (χ1v) is 6.86. The second-order valence-electron chi connectivity index (χ2n) is 4.14. The summed E-state index contributed by atoms with van der Waals surface area (Å²) in [6, 6.07) is 5.95. The van der Waals surface area contributed by atoms with Crippen LogP contribution in [0.5, 0.6) is 5.75 Å². The molecule has 2 aromatic heterocycles. The maximum Gasteiger partial charge on any atom is 0.120 e. The number of benzene rings is 1. The molecule has 0 spiro atoms. The predicted octanol–water partition coefficient (Wildman–Crippen LogP) is 2.52. The Morgan fingerprint density at radius 3 is 3.05 bits per heavy atom. The molecule has 0 aliphatic heterocycles. The lowest BCUT2D eigenvalue weighted by Gasteiger charge is -2.00. The zero-order valence-corrected chi connectivity index (χ0v) is 11.4. The third-order valence-electron chi connectivity index (χ3n) is 2.67. The summed E-state index contributed by atoms with van der Waals surface area (Å²) in [6.45, 7) is 3.29. The van der Waals surface area contributed by atoms with Gasteiger partial charge in [-0.3, -0.25) is 4.68 Å². The number of nitrogen functional groups attached to an aromatic ring is 1. The minimum atomic E-state index is 0.639. The van der Waals surface area contributed by atoms with Crippen molar-refractivity contribution in [2.24, 2.45) is 0 Å². The number of hydrogen-bond acceptors (Lipinski definition) is 5. The molecule has 3 aromatic rings. The summed E-state index contributed by atoms with van der Waals surface area (Å²) in [7, 11) is 0. The van der Waals surface area contributed by atoms with Gasteiger partial charge in [-0.2, -0.15) is 5.10 Å². The fraction of sp³-hybridized carbons (Fsp3) is 0.231. The molecule has 3 rings (SSSR count). The summed E-state index contributed by atoms with van der Waals surface area (Å²) in [5.41, 5.74) is 7.30. The van der Waals surface area contributed by atoms with E-state index in [0.29, 0.717) is 18.8 Å². The normalized spacial score (nSPS) is 11.0. The first-order valence-electron chi connectivity index (χ1n) is 6.05. The number of ether oxygens (including phenoxy) is 1. The van der Waals surface area contributed by atoms with Gasteiger partial charge < -0.3 is 10.5 Å². The van der Waals surface area contributed by atoms with Gasteiger partial charge in [-0.1, -0.05) is 0 Å². The minimum absolute atomic E-state index is 0.639. The predicted molar refractivity (Wildman–Crippen MR) is 76.5 cm³/mol.